The first kappa shape index (κ1) is 22.5. The minimum Gasteiger partial charge on any atom is -0.462 e. The van der Waals surface area contributed by atoms with Gasteiger partial charge in [0.25, 0.3) is 0 Å². The lowest BCUT2D eigenvalue weighted by molar-refractivity contribution is 0.0526. The number of carbonyl (C=O) groups excluding carboxylic acids is 1. The topological polar surface area (TPSA) is 97.8 Å². The van der Waals surface area contributed by atoms with Gasteiger partial charge in [-0.3, -0.25) is 0 Å². The van der Waals surface area contributed by atoms with Gasteiger partial charge >= 0.3 is 5.97 Å². The van der Waals surface area contributed by atoms with Crippen LogP contribution < -0.4 is 0 Å². The van der Waals surface area contributed by atoms with Crippen LogP contribution in [0.25, 0.3) is 0 Å². The second-order valence-electron chi connectivity index (χ2n) is 7.48. The lowest BCUT2D eigenvalue weighted by Crippen LogP contribution is -2.39. The Balaban J connectivity index is 2.02. The van der Waals surface area contributed by atoms with Crippen molar-refractivity contribution in [3.05, 3.63) is 64.7 Å². The van der Waals surface area contributed by atoms with E-state index >= 15 is 0 Å². The van der Waals surface area contributed by atoms with E-state index in [0.717, 1.165) is 11.8 Å². The number of hydrogen-bond donors (Lipinski definition) is 0. The quantitative estimate of drug-likeness (QED) is 0.626. The van der Waals surface area contributed by atoms with Crippen molar-refractivity contribution in [1.82, 2.24) is 4.31 Å². The van der Waals surface area contributed by atoms with Crippen molar-refractivity contribution < 1.29 is 26.4 Å². The van der Waals surface area contributed by atoms with Gasteiger partial charge in [0, 0.05) is 19.0 Å². The number of sulfonamides is 1. The number of nitrogens with zero attached hydrogens (tertiary/aromatic N) is 1. The van der Waals surface area contributed by atoms with E-state index in [1.807, 2.05) is 6.92 Å². The molecule has 30 heavy (non-hydrogen) atoms. The second kappa shape index (κ2) is 8.49. The van der Waals surface area contributed by atoms with Crippen LogP contribution in [0.2, 0.25) is 0 Å². The summed E-state index contributed by atoms with van der Waals surface area (Å²) in [4.78, 5) is 12.3. The monoisotopic (exact) mass is 451 g/mol. The van der Waals surface area contributed by atoms with Crippen LogP contribution in [0, 0.1) is 6.92 Å². The van der Waals surface area contributed by atoms with Crippen molar-refractivity contribution >= 4 is 25.8 Å². The van der Waals surface area contributed by atoms with Crippen molar-refractivity contribution in [3.8, 4) is 0 Å². The first-order valence-electron chi connectivity index (χ1n) is 9.55. The SMILES string of the molecule is CCOC(=O)c1ccc2c(c1)C(CS(=O)(=O)c1ccc(C)cc1)CN(S(C)(=O)=O)C2. The largest absolute Gasteiger partial charge is 0.462 e. The molecule has 0 bridgehead atoms. The molecule has 0 aliphatic carbocycles. The molecule has 9 heteroatoms. The maximum Gasteiger partial charge on any atom is 0.338 e. The number of carbonyl (C=O) groups is 1. The van der Waals surface area contributed by atoms with E-state index in [4.69, 9.17) is 4.74 Å². The van der Waals surface area contributed by atoms with Crippen LogP contribution in [0.15, 0.2) is 47.4 Å². The Hall–Kier alpha value is -2.23. The zero-order chi connectivity index (χ0) is 22.1. The van der Waals surface area contributed by atoms with E-state index < -0.39 is 31.7 Å². The van der Waals surface area contributed by atoms with Crippen molar-refractivity contribution in [3.63, 3.8) is 0 Å². The van der Waals surface area contributed by atoms with Crippen LogP contribution in [0.4, 0.5) is 0 Å². The van der Waals surface area contributed by atoms with E-state index in [-0.39, 0.29) is 30.3 Å². The van der Waals surface area contributed by atoms with Gasteiger partial charge in [-0.15, -0.1) is 0 Å². The highest BCUT2D eigenvalue weighted by atomic mass is 32.2. The van der Waals surface area contributed by atoms with E-state index in [1.165, 1.54) is 4.31 Å². The minimum atomic E-state index is -3.67. The molecule has 2 aromatic carbocycles. The highest BCUT2D eigenvalue weighted by molar-refractivity contribution is 7.91. The van der Waals surface area contributed by atoms with E-state index in [2.05, 4.69) is 0 Å². The summed E-state index contributed by atoms with van der Waals surface area (Å²) in [5.41, 5.74) is 2.61. The van der Waals surface area contributed by atoms with Crippen LogP contribution in [0.5, 0.6) is 0 Å². The van der Waals surface area contributed by atoms with Crippen molar-refractivity contribution in [2.24, 2.45) is 0 Å². The number of fused-ring (bicyclic) bond motifs is 1. The summed E-state index contributed by atoms with van der Waals surface area (Å²) in [7, 11) is -7.18. The highest BCUT2D eigenvalue weighted by Crippen LogP contribution is 2.33. The summed E-state index contributed by atoms with van der Waals surface area (Å²) in [5.74, 6) is -1.36. The Labute approximate surface area is 177 Å². The molecule has 0 N–H and O–H groups in total. The summed E-state index contributed by atoms with van der Waals surface area (Å²) in [6.45, 7) is 3.97. The summed E-state index contributed by atoms with van der Waals surface area (Å²) < 4.78 is 56.8. The number of ether oxygens (including phenoxy) is 1. The Bertz CT molecular complexity index is 1150. The first-order valence-corrected chi connectivity index (χ1v) is 13.1. The third-order valence-electron chi connectivity index (χ3n) is 5.14. The Morgan fingerprint density at radius 3 is 2.37 bits per heavy atom. The molecule has 1 heterocycles. The average Bonchev–Trinajstić information content (AvgIpc) is 2.67. The Kier molecular flexibility index (Phi) is 6.35. The summed E-state index contributed by atoms with van der Waals surface area (Å²) in [6.07, 6.45) is 1.11. The fraction of sp³-hybridized carbons (Fsp3) is 0.381. The third-order valence-corrected chi connectivity index (χ3v) is 8.19. The number of rotatable bonds is 6. The van der Waals surface area contributed by atoms with Crippen molar-refractivity contribution in [2.45, 2.75) is 31.2 Å². The van der Waals surface area contributed by atoms with Crippen LogP contribution >= 0.6 is 0 Å². The Morgan fingerprint density at radius 1 is 1.10 bits per heavy atom. The molecule has 0 radical (unpaired) electrons. The molecule has 0 fully saturated rings. The van der Waals surface area contributed by atoms with Gasteiger partial charge in [0.2, 0.25) is 10.0 Å². The van der Waals surface area contributed by atoms with E-state index in [0.29, 0.717) is 16.7 Å². The van der Waals surface area contributed by atoms with Gasteiger partial charge < -0.3 is 4.74 Å². The molecule has 1 atom stereocenters. The molecule has 3 rings (SSSR count). The predicted octanol–water partition coefficient (Wildman–Crippen LogP) is 2.50. The molecule has 0 saturated heterocycles. The normalized spacial score (nSPS) is 17.4. The molecule has 1 aliphatic heterocycles. The second-order valence-corrected chi connectivity index (χ2v) is 11.5. The van der Waals surface area contributed by atoms with Gasteiger partial charge in [0.15, 0.2) is 9.84 Å². The lowest BCUT2D eigenvalue weighted by atomic mass is 9.90. The Morgan fingerprint density at radius 2 is 1.77 bits per heavy atom. The third kappa shape index (κ3) is 4.91. The molecule has 1 aliphatic rings. The molecule has 0 saturated carbocycles. The zero-order valence-corrected chi connectivity index (χ0v) is 18.8. The van der Waals surface area contributed by atoms with Gasteiger partial charge in [-0.1, -0.05) is 23.8 Å². The summed E-state index contributed by atoms with van der Waals surface area (Å²) in [6, 6.07) is 11.4. The standard InChI is InChI=1S/C21H25NO6S2/c1-4-28-21(23)16-7-8-17-12-22(29(3,24)25)13-18(20(17)11-16)14-30(26,27)19-9-5-15(2)6-10-19/h5-11,18H,4,12-14H2,1-3H3. The van der Waals surface area contributed by atoms with Gasteiger partial charge in [-0.05, 0) is 49.2 Å². The molecule has 162 valence electrons. The molecule has 2 aromatic rings. The summed E-state index contributed by atoms with van der Waals surface area (Å²) in [5, 5.41) is 0. The lowest BCUT2D eigenvalue weighted by Gasteiger charge is -2.33. The fourth-order valence-corrected chi connectivity index (χ4v) is 5.94. The van der Waals surface area contributed by atoms with Crippen LogP contribution in [-0.4, -0.2) is 52.3 Å². The number of esters is 1. The van der Waals surface area contributed by atoms with Crippen molar-refractivity contribution in [1.29, 1.82) is 0 Å². The molecule has 0 amide bonds. The molecular formula is C21H25NO6S2. The molecular weight excluding hydrogens is 426 g/mol. The van der Waals surface area contributed by atoms with Crippen LogP contribution in [-0.2, 0) is 31.1 Å². The van der Waals surface area contributed by atoms with E-state index in [1.54, 1.807) is 49.4 Å². The number of sulfone groups is 1. The zero-order valence-electron chi connectivity index (χ0n) is 17.2. The van der Waals surface area contributed by atoms with Gasteiger partial charge in [-0.2, -0.15) is 4.31 Å². The first-order chi connectivity index (χ1) is 14.0. The predicted molar refractivity (Wildman–Crippen MR) is 114 cm³/mol. The van der Waals surface area contributed by atoms with Crippen molar-refractivity contribution in [2.75, 3.05) is 25.2 Å². The maximum absolute atomic E-state index is 13.0. The van der Waals surface area contributed by atoms with Gasteiger partial charge in [0.05, 0.1) is 29.1 Å². The maximum atomic E-state index is 13.0. The molecule has 0 aromatic heterocycles. The molecule has 0 spiro atoms. The molecule has 1 unspecified atom stereocenters. The highest BCUT2D eigenvalue weighted by Gasteiger charge is 2.34. The van der Waals surface area contributed by atoms with Crippen LogP contribution in [0.1, 0.15) is 39.9 Å². The summed E-state index contributed by atoms with van der Waals surface area (Å²) >= 11 is 0. The van der Waals surface area contributed by atoms with Gasteiger partial charge in [0.1, 0.15) is 0 Å². The smallest absolute Gasteiger partial charge is 0.338 e. The van der Waals surface area contributed by atoms with Gasteiger partial charge in [-0.25, -0.2) is 21.6 Å². The number of benzene rings is 2. The number of hydrogen-bond acceptors (Lipinski definition) is 6. The van der Waals surface area contributed by atoms with Crippen LogP contribution in [0.3, 0.4) is 0 Å². The fourth-order valence-electron chi connectivity index (χ4n) is 3.56. The molecule has 7 nitrogen and oxygen atoms in total. The average molecular weight is 452 g/mol. The van der Waals surface area contributed by atoms with E-state index in [9.17, 15) is 21.6 Å². The number of aryl methyl sites for hydroxylation is 1. The minimum absolute atomic E-state index is 0.0310.